The van der Waals surface area contributed by atoms with Gasteiger partial charge in [-0.25, -0.2) is 0 Å². The fourth-order valence-corrected chi connectivity index (χ4v) is 3.17. The molecule has 2 aliphatic heterocycles. The van der Waals surface area contributed by atoms with Gasteiger partial charge in [0.1, 0.15) is 0 Å². The first kappa shape index (κ1) is 11.3. The lowest BCUT2D eigenvalue weighted by atomic mass is 10.3. The molecular weight excluding hydrogens is 206 g/mol. The summed E-state index contributed by atoms with van der Waals surface area (Å²) in [5, 5.41) is 4.65. The number of aliphatic imine (C=N–C) groups is 1. The van der Waals surface area contributed by atoms with Gasteiger partial charge in [0.15, 0.2) is 5.17 Å². The second-order valence-electron chi connectivity index (χ2n) is 4.65. The smallest absolute Gasteiger partial charge is 0.157 e. The minimum atomic E-state index is 0.497. The Hall–Kier alpha value is -0.220. The fraction of sp³-hybridized carbons (Fsp3) is 0.909. The second-order valence-corrected chi connectivity index (χ2v) is 5.66. The van der Waals surface area contributed by atoms with Crippen molar-refractivity contribution in [1.82, 2.24) is 10.2 Å². The number of amidine groups is 1. The van der Waals surface area contributed by atoms with E-state index in [1.165, 1.54) is 25.9 Å². The Morgan fingerprint density at radius 1 is 1.53 bits per heavy atom. The number of nitrogens with one attached hydrogen (secondary N) is 1. The van der Waals surface area contributed by atoms with Gasteiger partial charge in [0.05, 0.1) is 6.04 Å². The number of hydrogen-bond acceptors (Lipinski definition) is 4. The lowest BCUT2D eigenvalue weighted by Crippen LogP contribution is -2.39. The first-order valence-electron chi connectivity index (χ1n) is 5.93. The zero-order valence-electron chi connectivity index (χ0n) is 9.70. The van der Waals surface area contributed by atoms with E-state index in [9.17, 15) is 0 Å². The highest BCUT2D eigenvalue weighted by molar-refractivity contribution is 8.14. The topological polar surface area (TPSA) is 27.6 Å². The Labute approximate surface area is 96.7 Å². The van der Waals surface area contributed by atoms with Crippen LogP contribution in [0.1, 0.15) is 26.7 Å². The largest absolute Gasteiger partial charge is 0.361 e. The molecule has 0 amide bonds. The van der Waals surface area contributed by atoms with Gasteiger partial charge in [0, 0.05) is 18.3 Å². The lowest BCUT2D eigenvalue weighted by molar-refractivity contribution is 0.312. The summed E-state index contributed by atoms with van der Waals surface area (Å²) in [5.41, 5.74) is 0. The summed E-state index contributed by atoms with van der Waals surface area (Å²) in [5.74, 6) is 1.14. The van der Waals surface area contributed by atoms with Crippen LogP contribution in [0.5, 0.6) is 0 Å². The average Bonchev–Trinajstić information content (AvgIpc) is 2.77. The molecule has 0 radical (unpaired) electrons. The van der Waals surface area contributed by atoms with E-state index in [0.717, 1.165) is 17.5 Å². The highest BCUT2D eigenvalue weighted by Crippen LogP contribution is 2.16. The third kappa shape index (κ3) is 3.38. The summed E-state index contributed by atoms with van der Waals surface area (Å²) < 4.78 is 0. The zero-order chi connectivity index (χ0) is 10.7. The van der Waals surface area contributed by atoms with Crippen LogP contribution in [-0.2, 0) is 0 Å². The Morgan fingerprint density at radius 2 is 2.27 bits per heavy atom. The predicted molar refractivity (Wildman–Crippen MR) is 67.6 cm³/mol. The van der Waals surface area contributed by atoms with Crippen molar-refractivity contribution < 1.29 is 0 Å². The Kier molecular flexibility index (Phi) is 3.92. The summed E-state index contributed by atoms with van der Waals surface area (Å²) in [4.78, 5) is 7.10. The van der Waals surface area contributed by atoms with Crippen molar-refractivity contribution in [3.63, 3.8) is 0 Å². The van der Waals surface area contributed by atoms with Crippen LogP contribution < -0.4 is 5.32 Å². The number of nitrogens with zero attached hydrogens (tertiary/aromatic N) is 2. The number of thioether (sulfide) groups is 1. The van der Waals surface area contributed by atoms with Crippen LogP contribution in [0, 0.1) is 0 Å². The molecule has 1 saturated heterocycles. The van der Waals surface area contributed by atoms with Crippen molar-refractivity contribution in [1.29, 1.82) is 0 Å². The van der Waals surface area contributed by atoms with Gasteiger partial charge in [0.25, 0.3) is 0 Å². The summed E-state index contributed by atoms with van der Waals surface area (Å²) in [6.45, 7) is 8.15. The van der Waals surface area contributed by atoms with Gasteiger partial charge >= 0.3 is 0 Å². The summed E-state index contributed by atoms with van der Waals surface area (Å²) in [6.07, 6.45) is 2.75. The van der Waals surface area contributed by atoms with E-state index in [2.05, 4.69) is 29.1 Å². The van der Waals surface area contributed by atoms with Crippen molar-refractivity contribution in [2.45, 2.75) is 38.8 Å². The molecule has 0 aliphatic carbocycles. The molecule has 2 unspecified atom stereocenters. The molecule has 0 aromatic carbocycles. The lowest BCUT2D eigenvalue weighted by Gasteiger charge is -2.21. The first-order chi connectivity index (χ1) is 7.24. The van der Waals surface area contributed by atoms with Gasteiger partial charge in [-0.05, 0) is 39.8 Å². The second kappa shape index (κ2) is 5.21. The van der Waals surface area contributed by atoms with E-state index >= 15 is 0 Å². The van der Waals surface area contributed by atoms with Crippen LogP contribution in [0.3, 0.4) is 0 Å². The number of hydrogen-bond donors (Lipinski definition) is 1. The minimum Gasteiger partial charge on any atom is -0.361 e. The molecule has 4 heteroatoms. The standard InChI is InChI=1S/C11H21N3S/c1-9(7-14-5-3-4-6-14)12-11-13-10(2)8-15-11/h9-10H,3-8H2,1-2H3,(H,12,13). The van der Waals surface area contributed by atoms with E-state index < -0.39 is 0 Å². The van der Waals surface area contributed by atoms with Crippen molar-refractivity contribution in [2.24, 2.45) is 4.99 Å². The maximum absolute atomic E-state index is 4.55. The van der Waals surface area contributed by atoms with E-state index in [4.69, 9.17) is 0 Å². The number of likely N-dealkylation sites (tertiary alicyclic amines) is 1. The van der Waals surface area contributed by atoms with Crippen molar-refractivity contribution in [3.8, 4) is 0 Å². The molecule has 0 aromatic rings. The van der Waals surface area contributed by atoms with Crippen LogP contribution in [0.2, 0.25) is 0 Å². The maximum Gasteiger partial charge on any atom is 0.157 e. The molecule has 2 atom stereocenters. The van der Waals surface area contributed by atoms with E-state index in [1.807, 2.05) is 11.8 Å². The Morgan fingerprint density at radius 3 is 2.87 bits per heavy atom. The molecule has 2 rings (SSSR count). The molecule has 86 valence electrons. The highest BCUT2D eigenvalue weighted by Gasteiger charge is 2.18. The van der Waals surface area contributed by atoms with Crippen LogP contribution in [-0.4, -0.2) is 47.5 Å². The summed E-state index contributed by atoms with van der Waals surface area (Å²) in [7, 11) is 0. The third-order valence-corrected chi connectivity index (χ3v) is 4.05. The predicted octanol–water partition coefficient (Wildman–Crippen LogP) is 1.55. The van der Waals surface area contributed by atoms with E-state index in [1.54, 1.807) is 0 Å². The molecule has 2 heterocycles. The molecule has 0 aromatic heterocycles. The van der Waals surface area contributed by atoms with Crippen LogP contribution in [0.25, 0.3) is 0 Å². The van der Waals surface area contributed by atoms with Crippen molar-refractivity contribution in [3.05, 3.63) is 0 Å². The van der Waals surface area contributed by atoms with Gasteiger partial charge in [-0.3, -0.25) is 4.99 Å². The molecular formula is C11H21N3S. The first-order valence-corrected chi connectivity index (χ1v) is 6.92. The molecule has 0 bridgehead atoms. The maximum atomic E-state index is 4.55. The minimum absolute atomic E-state index is 0.497. The van der Waals surface area contributed by atoms with Gasteiger partial charge in [-0.15, -0.1) is 0 Å². The molecule has 0 spiro atoms. The fourth-order valence-electron chi connectivity index (χ4n) is 2.16. The normalized spacial score (nSPS) is 29.2. The van der Waals surface area contributed by atoms with E-state index in [0.29, 0.717) is 12.1 Å². The summed E-state index contributed by atoms with van der Waals surface area (Å²) >= 11 is 1.86. The van der Waals surface area contributed by atoms with E-state index in [-0.39, 0.29) is 0 Å². The van der Waals surface area contributed by atoms with Crippen molar-refractivity contribution >= 4 is 16.9 Å². The SMILES string of the molecule is CC1CSC(NC(C)CN2CCCC2)=N1. The molecule has 3 nitrogen and oxygen atoms in total. The molecule has 1 N–H and O–H groups in total. The van der Waals surface area contributed by atoms with Crippen LogP contribution >= 0.6 is 11.8 Å². The number of rotatable bonds is 3. The Balaban J connectivity index is 1.72. The zero-order valence-corrected chi connectivity index (χ0v) is 10.5. The molecule has 0 saturated carbocycles. The van der Waals surface area contributed by atoms with Gasteiger partial charge in [-0.2, -0.15) is 0 Å². The van der Waals surface area contributed by atoms with Gasteiger partial charge < -0.3 is 10.2 Å². The van der Waals surface area contributed by atoms with Crippen LogP contribution in [0.4, 0.5) is 0 Å². The Bertz CT molecular complexity index is 236. The average molecular weight is 227 g/mol. The summed E-state index contributed by atoms with van der Waals surface area (Å²) in [6, 6.07) is 1.02. The molecule has 15 heavy (non-hydrogen) atoms. The molecule has 2 aliphatic rings. The van der Waals surface area contributed by atoms with Crippen LogP contribution in [0.15, 0.2) is 4.99 Å². The molecule has 1 fully saturated rings. The van der Waals surface area contributed by atoms with Crippen molar-refractivity contribution in [2.75, 3.05) is 25.4 Å². The quantitative estimate of drug-likeness (QED) is 0.793. The third-order valence-electron chi connectivity index (χ3n) is 2.90. The van der Waals surface area contributed by atoms with Gasteiger partial charge in [0.2, 0.25) is 0 Å². The van der Waals surface area contributed by atoms with Gasteiger partial charge in [-0.1, -0.05) is 11.8 Å². The monoisotopic (exact) mass is 227 g/mol. The highest BCUT2D eigenvalue weighted by atomic mass is 32.2.